The fourth-order valence-electron chi connectivity index (χ4n) is 1.47. The molecule has 2 aromatic rings. The zero-order valence-corrected chi connectivity index (χ0v) is 10.7. The van der Waals surface area contributed by atoms with Gasteiger partial charge in [0.1, 0.15) is 11.6 Å². The van der Waals surface area contributed by atoms with E-state index in [0.717, 1.165) is 0 Å². The number of anilines is 1. The first kappa shape index (κ1) is 12.7. The highest BCUT2D eigenvalue weighted by Gasteiger charge is 2.17. The van der Waals surface area contributed by atoms with Gasteiger partial charge in [0.05, 0.1) is 0 Å². The maximum absolute atomic E-state index is 12.7. The van der Waals surface area contributed by atoms with Crippen molar-refractivity contribution in [2.75, 3.05) is 11.8 Å². The second-order valence-corrected chi connectivity index (χ2v) is 5.97. The topological polar surface area (TPSA) is 38.3 Å². The number of rotatable bonds is 4. The van der Waals surface area contributed by atoms with Gasteiger partial charge >= 0.3 is 7.52 Å². The lowest BCUT2D eigenvalue weighted by Crippen LogP contribution is -2.01. The molecule has 94 valence electrons. The average molecular weight is 265 g/mol. The normalized spacial score (nSPS) is 13.7. The molecule has 0 bridgehead atoms. The van der Waals surface area contributed by atoms with Gasteiger partial charge in [-0.25, -0.2) is 4.39 Å². The standard InChI is InChI=1S/C13H13FNO2P/c1-18(16,15-12-5-3-2-4-6-12)17-13-9-7-11(14)8-10-13/h2-10H,1H3,(H,15,16)/t18-/m0/s1. The summed E-state index contributed by atoms with van der Waals surface area (Å²) >= 11 is 0. The number of hydrogen-bond donors (Lipinski definition) is 1. The van der Waals surface area contributed by atoms with E-state index >= 15 is 0 Å². The Balaban J connectivity index is 2.08. The van der Waals surface area contributed by atoms with Gasteiger partial charge in [-0.05, 0) is 36.4 Å². The Morgan fingerprint density at radius 1 is 1.06 bits per heavy atom. The predicted molar refractivity (Wildman–Crippen MR) is 70.6 cm³/mol. The Kier molecular flexibility index (Phi) is 3.68. The summed E-state index contributed by atoms with van der Waals surface area (Å²) in [4.78, 5) is 0. The lowest BCUT2D eigenvalue weighted by Gasteiger charge is -2.17. The molecule has 0 spiro atoms. The van der Waals surface area contributed by atoms with Gasteiger partial charge in [0, 0.05) is 12.4 Å². The molecule has 0 unspecified atom stereocenters. The van der Waals surface area contributed by atoms with E-state index in [9.17, 15) is 8.96 Å². The Bertz CT molecular complexity index is 557. The molecule has 0 aromatic heterocycles. The molecule has 5 heteroatoms. The quantitative estimate of drug-likeness (QED) is 0.844. The van der Waals surface area contributed by atoms with E-state index in [1.54, 1.807) is 12.1 Å². The second-order valence-electron chi connectivity index (χ2n) is 3.87. The largest absolute Gasteiger partial charge is 0.429 e. The Morgan fingerprint density at radius 3 is 2.28 bits per heavy atom. The van der Waals surface area contributed by atoms with Crippen LogP contribution in [0.1, 0.15) is 0 Å². The summed E-state index contributed by atoms with van der Waals surface area (Å²) in [5.74, 6) is 0.00923. The van der Waals surface area contributed by atoms with Crippen LogP contribution in [0.25, 0.3) is 0 Å². The summed E-state index contributed by atoms with van der Waals surface area (Å²) in [5, 5.41) is 2.82. The summed E-state index contributed by atoms with van der Waals surface area (Å²) in [6, 6.07) is 14.5. The molecule has 1 atom stereocenters. The number of para-hydroxylation sites is 1. The molecule has 3 nitrogen and oxygen atoms in total. The lowest BCUT2D eigenvalue weighted by molar-refractivity contribution is 0.492. The lowest BCUT2D eigenvalue weighted by atomic mass is 10.3. The minimum absolute atomic E-state index is 0.357. The van der Waals surface area contributed by atoms with Crippen molar-refractivity contribution in [3.8, 4) is 5.75 Å². The first-order valence-electron chi connectivity index (χ1n) is 5.41. The molecule has 0 saturated heterocycles. The van der Waals surface area contributed by atoms with Crippen LogP contribution in [0.3, 0.4) is 0 Å². The van der Waals surface area contributed by atoms with Crippen LogP contribution in [-0.4, -0.2) is 6.66 Å². The Hall–Kier alpha value is -1.80. The van der Waals surface area contributed by atoms with Crippen molar-refractivity contribution in [3.63, 3.8) is 0 Å². The molecule has 2 aromatic carbocycles. The van der Waals surface area contributed by atoms with Gasteiger partial charge in [-0.2, -0.15) is 0 Å². The van der Waals surface area contributed by atoms with Crippen molar-refractivity contribution in [2.24, 2.45) is 0 Å². The average Bonchev–Trinajstić information content (AvgIpc) is 2.32. The van der Waals surface area contributed by atoms with Crippen molar-refractivity contribution in [2.45, 2.75) is 0 Å². The van der Waals surface area contributed by atoms with E-state index in [4.69, 9.17) is 4.52 Å². The highest BCUT2D eigenvalue weighted by molar-refractivity contribution is 7.60. The SMILES string of the molecule is C[P@@](=O)(Nc1ccccc1)Oc1ccc(F)cc1. The monoisotopic (exact) mass is 265 g/mol. The van der Waals surface area contributed by atoms with Gasteiger partial charge in [0.25, 0.3) is 0 Å². The van der Waals surface area contributed by atoms with Crippen molar-refractivity contribution in [1.29, 1.82) is 0 Å². The maximum Gasteiger partial charge on any atom is 0.338 e. The third-order valence-electron chi connectivity index (χ3n) is 2.20. The van der Waals surface area contributed by atoms with E-state index < -0.39 is 7.52 Å². The van der Waals surface area contributed by atoms with Gasteiger partial charge in [0.15, 0.2) is 0 Å². The molecule has 18 heavy (non-hydrogen) atoms. The van der Waals surface area contributed by atoms with Crippen LogP contribution in [0.15, 0.2) is 54.6 Å². The van der Waals surface area contributed by atoms with Crippen LogP contribution in [0.2, 0.25) is 0 Å². The minimum atomic E-state index is -3.02. The first-order valence-corrected chi connectivity index (χ1v) is 7.48. The van der Waals surface area contributed by atoms with E-state index in [1.807, 2.05) is 18.2 Å². The molecule has 1 N–H and O–H groups in total. The molecular formula is C13H13FNO2P. The van der Waals surface area contributed by atoms with Crippen molar-refractivity contribution in [1.82, 2.24) is 0 Å². The van der Waals surface area contributed by atoms with Crippen molar-refractivity contribution < 1.29 is 13.5 Å². The zero-order valence-electron chi connectivity index (χ0n) is 9.84. The van der Waals surface area contributed by atoms with Crippen LogP contribution in [0.5, 0.6) is 5.75 Å². The fraction of sp³-hybridized carbons (Fsp3) is 0.0769. The summed E-state index contributed by atoms with van der Waals surface area (Å²) < 4.78 is 30.3. The molecule has 0 aliphatic carbocycles. The van der Waals surface area contributed by atoms with Gasteiger partial charge in [-0.15, -0.1) is 0 Å². The maximum atomic E-state index is 12.7. The predicted octanol–water partition coefficient (Wildman–Crippen LogP) is 4.14. The van der Waals surface area contributed by atoms with Crippen LogP contribution in [-0.2, 0) is 4.57 Å². The zero-order chi connectivity index (χ0) is 13.0. The molecule has 0 aliphatic rings. The summed E-state index contributed by atoms with van der Waals surface area (Å²) in [6.45, 7) is 1.48. The second kappa shape index (κ2) is 5.23. The summed E-state index contributed by atoms with van der Waals surface area (Å²) in [6.07, 6.45) is 0. The summed E-state index contributed by atoms with van der Waals surface area (Å²) in [7, 11) is -3.02. The van der Waals surface area contributed by atoms with Gasteiger partial charge in [-0.1, -0.05) is 18.2 Å². The van der Waals surface area contributed by atoms with Gasteiger partial charge in [0.2, 0.25) is 0 Å². The highest BCUT2D eigenvalue weighted by Crippen LogP contribution is 2.43. The molecule has 2 rings (SSSR count). The smallest absolute Gasteiger partial charge is 0.338 e. The van der Waals surface area contributed by atoms with Crippen LogP contribution in [0, 0.1) is 5.82 Å². The van der Waals surface area contributed by atoms with E-state index in [1.165, 1.54) is 30.9 Å². The van der Waals surface area contributed by atoms with Crippen molar-refractivity contribution in [3.05, 3.63) is 60.4 Å². The third-order valence-corrected chi connectivity index (χ3v) is 3.42. The van der Waals surface area contributed by atoms with E-state index in [2.05, 4.69) is 5.09 Å². The first-order chi connectivity index (χ1) is 8.55. The van der Waals surface area contributed by atoms with Crippen LogP contribution >= 0.6 is 7.52 Å². The molecule has 0 amide bonds. The molecule has 0 radical (unpaired) electrons. The highest BCUT2D eigenvalue weighted by atomic mass is 31.2. The Morgan fingerprint density at radius 2 is 1.67 bits per heavy atom. The van der Waals surface area contributed by atoms with E-state index in [-0.39, 0.29) is 5.82 Å². The van der Waals surface area contributed by atoms with E-state index in [0.29, 0.717) is 11.4 Å². The number of nitrogens with one attached hydrogen (secondary N) is 1. The molecular weight excluding hydrogens is 252 g/mol. The fourth-order valence-corrected chi connectivity index (χ4v) is 2.65. The molecule has 0 aliphatic heterocycles. The summed E-state index contributed by atoms with van der Waals surface area (Å²) in [5.41, 5.74) is 0.713. The molecule has 0 fully saturated rings. The minimum Gasteiger partial charge on any atom is -0.429 e. The number of halogens is 1. The Labute approximate surface area is 105 Å². The van der Waals surface area contributed by atoms with Crippen LogP contribution in [0.4, 0.5) is 10.1 Å². The third kappa shape index (κ3) is 3.60. The number of benzene rings is 2. The van der Waals surface area contributed by atoms with Crippen molar-refractivity contribution >= 4 is 13.2 Å². The molecule has 0 saturated carbocycles. The molecule has 0 heterocycles. The van der Waals surface area contributed by atoms with Crippen LogP contribution < -0.4 is 9.61 Å². The number of hydrogen-bond acceptors (Lipinski definition) is 2. The van der Waals surface area contributed by atoms with Gasteiger partial charge < -0.3 is 9.61 Å². The van der Waals surface area contributed by atoms with Gasteiger partial charge in [-0.3, -0.25) is 4.57 Å².